The van der Waals surface area contributed by atoms with E-state index in [1.54, 1.807) is 29.9 Å². The number of esters is 1. The number of aryl methyl sites for hydroxylation is 1. The molecule has 2 amide bonds. The number of fused-ring (bicyclic) bond motifs is 1. The molecular weight excluding hydrogens is 533 g/mol. The minimum Gasteiger partial charge on any atom is -0.462 e. The molecule has 5 rings (SSSR count). The highest BCUT2D eigenvalue weighted by Gasteiger charge is 2.28. The monoisotopic (exact) mass is 559 g/mol. The van der Waals surface area contributed by atoms with Crippen LogP contribution < -0.4 is 10.7 Å². The van der Waals surface area contributed by atoms with E-state index < -0.39 is 17.8 Å². The third kappa shape index (κ3) is 5.84. The summed E-state index contributed by atoms with van der Waals surface area (Å²) in [6.07, 6.45) is 6.56. The van der Waals surface area contributed by atoms with Crippen LogP contribution >= 0.6 is 11.3 Å². The molecule has 2 aromatic carbocycles. The van der Waals surface area contributed by atoms with Crippen molar-refractivity contribution in [2.75, 3.05) is 11.9 Å². The fourth-order valence-electron chi connectivity index (χ4n) is 4.47. The van der Waals surface area contributed by atoms with Crippen molar-refractivity contribution in [1.82, 2.24) is 15.2 Å². The number of anilines is 1. The number of carbonyl (C=O) groups is 3. The van der Waals surface area contributed by atoms with Crippen molar-refractivity contribution in [3.63, 3.8) is 0 Å². The third-order valence-electron chi connectivity index (χ3n) is 6.33. The number of nitrogens with one attached hydrogen (secondary N) is 2. The molecular formula is C29H26FN5O4S. The number of hydrogen-bond acceptors (Lipinski definition) is 7. The number of thiophene rings is 1. The Kier molecular flexibility index (Phi) is 8.11. The van der Waals surface area contributed by atoms with E-state index in [1.807, 2.05) is 30.3 Å². The first kappa shape index (κ1) is 26.9. The lowest BCUT2D eigenvalue weighted by atomic mass is 9.95. The van der Waals surface area contributed by atoms with Gasteiger partial charge in [-0.05, 0) is 74.6 Å². The van der Waals surface area contributed by atoms with E-state index in [9.17, 15) is 18.8 Å². The Labute approximate surface area is 233 Å². The first-order valence-corrected chi connectivity index (χ1v) is 13.6. The van der Waals surface area contributed by atoms with E-state index in [1.165, 1.54) is 29.7 Å². The Hall–Kier alpha value is -4.64. The van der Waals surface area contributed by atoms with Gasteiger partial charge in [0.15, 0.2) is 0 Å². The lowest BCUT2D eigenvalue weighted by Crippen LogP contribution is -2.32. The van der Waals surface area contributed by atoms with Crippen molar-refractivity contribution in [3.05, 3.63) is 88.2 Å². The summed E-state index contributed by atoms with van der Waals surface area (Å²) < 4.78 is 20.4. The predicted octanol–water partition coefficient (Wildman–Crippen LogP) is 4.88. The minimum absolute atomic E-state index is 0.201. The maximum atomic E-state index is 13.5. The van der Waals surface area contributed by atoms with E-state index >= 15 is 0 Å². The highest BCUT2D eigenvalue weighted by molar-refractivity contribution is 7.17. The standard InChI is InChI=1S/C29H26FN5O4S/c1-2-39-29(38)24-22-10-6-7-11-23(22)40-28(24)32-26(36)27(37)33-31-16-19-17-35(21-8-4-3-5-9-21)34-25(19)18-12-14-20(30)15-13-18/h3-5,8-9,12-17H,2,6-7,10-11H2,1H3,(H,32,36)(H,33,37)/b31-16+. The van der Waals surface area contributed by atoms with Crippen LogP contribution in [0.3, 0.4) is 0 Å². The smallest absolute Gasteiger partial charge is 0.341 e. The molecule has 0 atom stereocenters. The van der Waals surface area contributed by atoms with Gasteiger partial charge in [-0.15, -0.1) is 11.3 Å². The minimum atomic E-state index is -1.00. The van der Waals surface area contributed by atoms with E-state index in [-0.39, 0.29) is 12.4 Å². The molecule has 2 heterocycles. The Morgan fingerprint density at radius 3 is 2.58 bits per heavy atom. The highest BCUT2D eigenvalue weighted by atomic mass is 32.1. The summed E-state index contributed by atoms with van der Waals surface area (Å²) in [5.41, 5.74) is 5.92. The van der Waals surface area contributed by atoms with E-state index in [4.69, 9.17) is 4.74 Å². The van der Waals surface area contributed by atoms with Crippen LogP contribution in [0.1, 0.15) is 46.1 Å². The van der Waals surface area contributed by atoms with Gasteiger partial charge in [0.05, 0.1) is 24.1 Å². The molecule has 0 aliphatic heterocycles. The van der Waals surface area contributed by atoms with Crippen molar-refractivity contribution in [3.8, 4) is 16.9 Å². The van der Waals surface area contributed by atoms with Gasteiger partial charge >= 0.3 is 17.8 Å². The number of ether oxygens (including phenoxy) is 1. The molecule has 2 N–H and O–H groups in total. The fraction of sp³-hybridized carbons (Fsp3) is 0.207. The van der Waals surface area contributed by atoms with Gasteiger partial charge in [0.1, 0.15) is 16.5 Å². The molecule has 2 aromatic heterocycles. The number of nitrogens with zero attached hydrogens (tertiary/aromatic N) is 3. The number of rotatable bonds is 7. The van der Waals surface area contributed by atoms with Gasteiger partial charge in [0.25, 0.3) is 0 Å². The number of halogens is 1. The van der Waals surface area contributed by atoms with Crippen LogP contribution in [0.4, 0.5) is 9.39 Å². The number of benzene rings is 2. The molecule has 9 nitrogen and oxygen atoms in total. The maximum Gasteiger partial charge on any atom is 0.341 e. The molecule has 0 fully saturated rings. The number of carbonyl (C=O) groups excluding carboxylic acids is 3. The van der Waals surface area contributed by atoms with E-state index in [0.717, 1.165) is 41.8 Å². The molecule has 0 saturated carbocycles. The van der Waals surface area contributed by atoms with E-state index in [2.05, 4.69) is 20.9 Å². The van der Waals surface area contributed by atoms with Crippen LogP contribution in [0.2, 0.25) is 0 Å². The van der Waals surface area contributed by atoms with Crippen molar-refractivity contribution < 1.29 is 23.5 Å². The van der Waals surface area contributed by atoms with Gasteiger partial charge in [-0.2, -0.15) is 10.2 Å². The Balaban J connectivity index is 1.34. The number of para-hydroxylation sites is 1. The summed E-state index contributed by atoms with van der Waals surface area (Å²) in [5.74, 6) is -2.85. The molecule has 0 saturated heterocycles. The molecule has 0 radical (unpaired) electrons. The van der Waals surface area contributed by atoms with Gasteiger partial charge in [-0.3, -0.25) is 9.59 Å². The summed E-state index contributed by atoms with van der Waals surface area (Å²) in [5, 5.41) is 11.4. The Morgan fingerprint density at radius 1 is 1.07 bits per heavy atom. The first-order chi connectivity index (χ1) is 19.4. The zero-order valence-corrected chi connectivity index (χ0v) is 22.5. The number of aromatic nitrogens is 2. The maximum absolute atomic E-state index is 13.5. The van der Waals surface area contributed by atoms with Crippen LogP contribution in [0.5, 0.6) is 0 Å². The van der Waals surface area contributed by atoms with Crippen LogP contribution in [0.25, 0.3) is 16.9 Å². The number of hydrazone groups is 1. The topological polar surface area (TPSA) is 115 Å². The molecule has 40 heavy (non-hydrogen) atoms. The van der Waals surface area contributed by atoms with Crippen molar-refractivity contribution >= 4 is 40.3 Å². The van der Waals surface area contributed by atoms with Gasteiger partial charge in [0.2, 0.25) is 0 Å². The van der Waals surface area contributed by atoms with Crippen molar-refractivity contribution in [2.45, 2.75) is 32.6 Å². The average molecular weight is 560 g/mol. The summed E-state index contributed by atoms with van der Waals surface area (Å²) in [6, 6.07) is 15.2. The molecule has 204 valence electrons. The van der Waals surface area contributed by atoms with Crippen LogP contribution in [0, 0.1) is 5.82 Å². The Bertz CT molecular complexity index is 1580. The van der Waals surface area contributed by atoms with Crippen LogP contribution in [-0.4, -0.2) is 40.4 Å². The second-order valence-corrected chi connectivity index (χ2v) is 10.1. The first-order valence-electron chi connectivity index (χ1n) is 12.8. The second-order valence-electron chi connectivity index (χ2n) is 9.01. The zero-order valence-electron chi connectivity index (χ0n) is 21.6. The predicted molar refractivity (Wildman–Crippen MR) is 150 cm³/mol. The molecule has 11 heteroatoms. The number of hydrogen-bond donors (Lipinski definition) is 2. The molecule has 1 aliphatic rings. The second kappa shape index (κ2) is 12.0. The molecule has 0 unspecified atom stereocenters. The summed E-state index contributed by atoms with van der Waals surface area (Å²) in [7, 11) is 0. The van der Waals surface area contributed by atoms with Crippen molar-refractivity contribution in [2.24, 2.45) is 5.10 Å². The normalized spacial score (nSPS) is 12.7. The molecule has 0 spiro atoms. The largest absolute Gasteiger partial charge is 0.462 e. The fourth-order valence-corrected chi connectivity index (χ4v) is 5.74. The van der Waals surface area contributed by atoms with Gasteiger partial charge in [-0.1, -0.05) is 18.2 Å². The molecule has 1 aliphatic carbocycles. The summed E-state index contributed by atoms with van der Waals surface area (Å²) in [4.78, 5) is 39.0. The SMILES string of the molecule is CCOC(=O)c1c(NC(=O)C(=O)N/N=C/c2cn(-c3ccccc3)nc2-c2ccc(F)cc2)sc2c1CCCC2. The van der Waals surface area contributed by atoms with E-state index in [0.29, 0.717) is 27.4 Å². The summed E-state index contributed by atoms with van der Waals surface area (Å²) in [6.45, 7) is 1.91. The Morgan fingerprint density at radius 2 is 1.82 bits per heavy atom. The third-order valence-corrected chi connectivity index (χ3v) is 7.54. The zero-order chi connectivity index (χ0) is 28.1. The van der Waals surface area contributed by atoms with Gasteiger partial charge in [0, 0.05) is 22.2 Å². The average Bonchev–Trinajstić information content (AvgIpc) is 3.55. The van der Waals surface area contributed by atoms with Gasteiger partial charge in [-0.25, -0.2) is 19.3 Å². The molecule has 0 bridgehead atoms. The summed E-state index contributed by atoms with van der Waals surface area (Å²) >= 11 is 1.29. The molecule has 4 aromatic rings. The lowest BCUT2D eigenvalue weighted by Gasteiger charge is -2.12. The lowest BCUT2D eigenvalue weighted by molar-refractivity contribution is -0.136. The number of amides is 2. The van der Waals surface area contributed by atoms with Crippen molar-refractivity contribution in [1.29, 1.82) is 0 Å². The van der Waals surface area contributed by atoms with Crippen LogP contribution in [0.15, 0.2) is 65.9 Å². The van der Waals surface area contributed by atoms with Crippen LogP contribution in [-0.2, 0) is 27.2 Å². The highest BCUT2D eigenvalue weighted by Crippen LogP contribution is 2.38. The van der Waals surface area contributed by atoms with Gasteiger partial charge < -0.3 is 10.1 Å². The quantitative estimate of drug-likeness (QED) is 0.145.